The third kappa shape index (κ3) is 4.53. The second-order valence-electron chi connectivity index (χ2n) is 8.33. The van der Waals surface area contributed by atoms with Gasteiger partial charge in [0.15, 0.2) is 0 Å². The number of hydrogen-bond acceptors (Lipinski definition) is 4. The Morgan fingerprint density at radius 2 is 1.41 bits per heavy atom. The monoisotopic (exact) mass is 452 g/mol. The zero-order valence-corrected chi connectivity index (χ0v) is 20.1. The van der Waals surface area contributed by atoms with Gasteiger partial charge in [-0.25, -0.2) is 8.42 Å². The van der Waals surface area contributed by atoms with Gasteiger partial charge < -0.3 is 9.88 Å². The maximum atomic E-state index is 13.3. The maximum Gasteiger partial charge on any atom is 0.270 e. The van der Waals surface area contributed by atoms with Crippen LogP contribution in [0.25, 0.3) is 0 Å². The van der Waals surface area contributed by atoms with Crippen LogP contribution in [0, 0.1) is 41.5 Å². The lowest BCUT2D eigenvalue weighted by Gasteiger charge is -2.16. The highest BCUT2D eigenvalue weighted by Gasteiger charge is 2.26. The molecule has 168 valence electrons. The number of sulfone groups is 1. The number of pyridine rings is 1. The molecule has 0 aliphatic carbocycles. The molecule has 32 heavy (non-hydrogen) atoms. The largest absolute Gasteiger partial charge is 0.324 e. The number of aromatic nitrogens is 1. The van der Waals surface area contributed by atoms with Gasteiger partial charge in [0, 0.05) is 11.4 Å². The van der Waals surface area contributed by atoms with Crippen LogP contribution in [0.4, 0.5) is 5.69 Å². The van der Waals surface area contributed by atoms with Crippen LogP contribution < -0.4 is 10.9 Å². The van der Waals surface area contributed by atoms with Crippen molar-refractivity contribution in [1.29, 1.82) is 0 Å². The second kappa shape index (κ2) is 8.74. The van der Waals surface area contributed by atoms with Gasteiger partial charge in [-0.2, -0.15) is 0 Å². The molecule has 0 aliphatic heterocycles. The van der Waals surface area contributed by atoms with Gasteiger partial charge >= 0.3 is 0 Å². The molecule has 1 amide bonds. The van der Waals surface area contributed by atoms with E-state index in [-0.39, 0.29) is 16.3 Å². The van der Waals surface area contributed by atoms with E-state index in [1.54, 1.807) is 32.0 Å². The van der Waals surface area contributed by atoms with Crippen molar-refractivity contribution >= 4 is 21.4 Å². The van der Waals surface area contributed by atoms with E-state index in [1.807, 2.05) is 39.8 Å². The summed E-state index contributed by atoms with van der Waals surface area (Å²) < 4.78 is 27.7. The highest BCUT2D eigenvalue weighted by Crippen LogP contribution is 2.23. The van der Waals surface area contributed by atoms with Gasteiger partial charge in [0.05, 0.1) is 4.90 Å². The molecular formula is C25H28N2O4S. The van der Waals surface area contributed by atoms with E-state index in [2.05, 4.69) is 5.32 Å². The first-order chi connectivity index (χ1) is 14.9. The molecule has 0 saturated carbocycles. The number of rotatable bonds is 5. The van der Waals surface area contributed by atoms with Gasteiger partial charge in [-0.15, -0.1) is 0 Å². The molecule has 6 nitrogen and oxygen atoms in total. The normalized spacial score (nSPS) is 11.4. The van der Waals surface area contributed by atoms with E-state index in [9.17, 15) is 18.0 Å². The van der Waals surface area contributed by atoms with E-state index >= 15 is 0 Å². The zero-order chi connectivity index (χ0) is 23.8. The van der Waals surface area contributed by atoms with Crippen LogP contribution in [0.5, 0.6) is 0 Å². The number of hydrogen-bond donors (Lipinski definition) is 1. The summed E-state index contributed by atoms with van der Waals surface area (Å²) in [6.45, 7) is 10.7. The molecule has 2 aromatic carbocycles. The van der Waals surface area contributed by atoms with Crippen molar-refractivity contribution in [2.24, 2.45) is 0 Å². The number of benzene rings is 2. The van der Waals surface area contributed by atoms with Gasteiger partial charge in [-0.05, 0) is 76.4 Å². The van der Waals surface area contributed by atoms with Gasteiger partial charge in [0.2, 0.25) is 15.7 Å². The molecule has 0 atom stereocenters. The number of amides is 1. The predicted molar refractivity (Wildman–Crippen MR) is 126 cm³/mol. The van der Waals surface area contributed by atoms with Crippen molar-refractivity contribution in [3.63, 3.8) is 0 Å². The number of carbonyl (C=O) groups excluding carboxylic acids is 1. The highest BCUT2D eigenvalue weighted by molar-refractivity contribution is 7.91. The van der Waals surface area contributed by atoms with Crippen LogP contribution in [-0.4, -0.2) is 18.9 Å². The lowest BCUT2D eigenvalue weighted by atomic mass is 10.1. The Bertz CT molecular complexity index is 1350. The number of carbonyl (C=O) groups is 1. The van der Waals surface area contributed by atoms with Crippen molar-refractivity contribution < 1.29 is 13.2 Å². The summed E-state index contributed by atoms with van der Waals surface area (Å²) in [5, 5.41) is 2.87. The topological polar surface area (TPSA) is 85.2 Å². The van der Waals surface area contributed by atoms with E-state index in [0.717, 1.165) is 22.3 Å². The third-order valence-electron chi connectivity index (χ3n) is 5.49. The first-order valence-corrected chi connectivity index (χ1v) is 11.8. The Hall–Kier alpha value is -3.19. The first kappa shape index (κ1) is 23.5. The van der Waals surface area contributed by atoms with Crippen molar-refractivity contribution in [2.75, 3.05) is 5.32 Å². The smallest absolute Gasteiger partial charge is 0.270 e. The molecule has 7 heteroatoms. The quantitative estimate of drug-likeness (QED) is 0.630. The van der Waals surface area contributed by atoms with Crippen LogP contribution in [-0.2, 0) is 21.2 Å². The minimum absolute atomic E-state index is 0.0501. The van der Waals surface area contributed by atoms with E-state index in [4.69, 9.17) is 0 Å². The number of aryl methyl sites for hydroxylation is 6. The summed E-state index contributed by atoms with van der Waals surface area (Å²) in [7, 11) is -4.03. The Morgan fingerprint density at radius 3 is 1.97 bits per heavy atom. The lowest BCUT2D eigenvalue weighted by molar-refractivity contribution is -0.116. The van der Waals surface area contributed by atoms with Gasteiger partial charge in [0.25, 0.3) is 5.56 Å². The zero-order valence-electron chi connectivity index (χ0n) is 19.2. The average Bonchev–Trinajstić information content (AvgIpc) is 2.68. The van der Waals surface area contributed by atoms with E-state index < -0.39 is 21.3 Å². The average molecular weight is 453 g/mol. The van der Waals surface area contributed by atoms with Crippen LogP contribution in [0.3, 0.4) is 0 Å². The summed E-state index contributed by atoms with van der Waals surface area (Å²) in [5.41, 5.74) is 4.73. The Kier molecular flexibility index (Phi) is 6.41. The molecule has 1 aromatic heterocycles. The van der Waals surface area contributed by atoms with Crippen LogP contribution >= 0.6 is 0 Å². The molecule has 0 bridgehead atoms. The summed E-state index contributed by atoms with van der Waals surface area (Å²) in [4.78, 5) is 25.8. The summed E-state index contributed by atoms with van der Waals surface area (Å²) in [6, 6.07) is 11.9. The fourth-order valence-electron chi connectivity index (χ4n) is 3.97. The van der Waals surface area contributed by atoms with Crippen LogP contribution in [0.15, 0.2) is 57.1 Å². The summed E-state index contributed by atoms with van der Waals surface area (Å²) in [6.07, 6.45) is 0. The van der Waals surface area contributed by atoms with Gasteiger partial charge in [-0.1, -0.05) is 35.4 Å². The van der Waals surface area contributed by atoms with Gasteiger partial charge in [-0.3, -0.25) is 9.59 Å². The molecule has 0 saturated heterocycles. The predicted octanol–water partition coefficient (Wildman–Crippen LogP) is 4.17. The van der Waals surface area contributed by atoms with Crippen LogP contribution in [0.1, 0.15) is 33.5 Å². The minimum atomic E-state index is -4.03. The van der Waals surface area contributed by atoms with Crippen LogP contribution in [0.2, 0.25) is 0 Å². The number of nitrogens with one attached hydrogen (secondary N) is 1. The molecule has 0 spiro atoms. The minimum Gasteiger partial charge on any atom is -0.324 e. The van der Waals surface area contributed by atoms with Gasteiger partial charge in [0.1, 0.15) is 11.4 Å². The summed E-state index contributed by atoms with van der Waals surface area (Å²) >= 11 is 0. The molecule has 0 radical (unpaired) electrons. The molecular weight excluding hydrogens is 424 g/mol. The molecule has 3 rings (SSSR count). The standard InChI is InChI=1S/C25H28N2O4S/c1-15-7-9-21(10-8-15)32(30,31)24-19(5)13-20(6)27(25(24)29)14-22(28)26-23-17(3)11-16(2)12-18(23)4/h7-13H,14H2,1-6H3,(H,26,28). The highest BCUT2D eigenvalue weighted by atomic mass is 32.2. The second-order valence-corrected chi connectivity index (χ2v) is 10.2. The van der Waals surface area contributed by atoms with E-state index in [0.29, 0.717) is 16.9 Å². The third-order valence-corrected chi connectivity index (χ3v) is 7.42. The van der Waals surface area contributed by atoms with Crippen molar-refractivity contribution in [2.45, 2.75) is 57.9 Å². The summed E-state index contributed by atoms with van der Waals surface area (Å²) in [5.74, 6) is -0.396. The van der Waals surface area contributed by atoms with Crippen molar-refractivity contribution in [3.8, 4) is 0 Å². The van der Waals surface area contributed by atoms with Crippen molar-refractivity contribution in [1.82, 2.24) is 4.57 Å². The Morgan fingerprint density at radius 1 is 0.844 bits per heavy atom. The Labute approximate surface area is 188 Å². The first-order valence-electron chi connectivity index (χ1n) is 10.3. The number of anilines is 1. The fraction of sp³-hybridized carbons (Fsp3) is 0.280. The van der Waals surface area contributed by atoms with Crippen molar-refractivity contribution in [3.05, 3.63) is 86.3 Å². The maximum absolute atomic E-state index is 13.3. The van der Waals surface area contributed by atoms with E-state index in [1.165, 1.54) is 16.7 Å². The lowest BCUT2D eigenvalue weighted by Crippen LogP contribution is -2.33. The fourth-order valence-corrected chi connectivity index (χ4v) is 5.52. The molecule has 0 fully saturated rings. The Balaban J connectivity index is 2.01. The molecule has 3 aromatic rings. The molecule has 1 N–H and O–H groups in total. The molecule has 0 aliphatic rings. The molecule has 0 unspecified atom stereocenters. The number of nitrogens with zero attached hydrogens (tertiary/aromatic N) is 1. The SMILES string of the molecule is Cc1ccc(S(=O)(=O)c2c(C)cc(C)n(CC(=O)Nc3c(C)cc(C)cc3C)c2=O)cc1. The molecule has 1 heterocycles.